The predicted octanol–water partition coefficient (Wildman–Crippen LogP) is 3.49. The molecule has 6 heteroatoms. The van der Waals surface area contributed by atoms with E-state index in [4.69, 9.17) is 0 Å². The summed E-state index contributed by atoms with van der Waals surface area (Å²) >= 11 is 1.86. The number of thioether (sulfide) groups is 1. The number of guanidine groups is 1. The number of nitrogens with one attached hydrogen (secondary N) is 2. The normalized spacial score (nSPS) is 14.7. The highest BCUT2D eigenvalue weighted by Crippen LogP contribution is 2.26. The summed E-state index contributed by atoms with van der Waals surface area (Å²) in [5.74, 6) is 0.863. The van der Waals surface area contributed by atoms with Gasteiger partial charge in [0, 0.05) is 44.2 Å². The first-order valence-electron chi connectivity index (χ1n) is 8.28. The Morgan fingerprint density at radius 1 is 1.33 bits per heavy atom. The molecule has 0 fully saturated rings. The van der Waals surface area contributed by atoms with E-state index in [0.717, 1.165) is 25.6 Å². The van der Waals surface area contributed by atoms with Gasteiger partial charge < -0.3 is 15.5 Å². The van der Waals surface area contributed by atoms with Crippen LogP contribution in [-0.4, -0.2) is 44.1 Å². The molecule has 2 rings (SSSR count). The number of fused-ring (bicyclic) bond motifs is 1. The average molecular weight is 462 g/mol. The van der Waals surface area contributed by atoms with Gasteiger partial charge in [-0.05, 0) is 50.1 Å². The molecule has 0 atom stereocenters. The first-order chi connectivity index (χ1) is 10.9. The van der Waals surface area contributed by atoms with Crippen molar-refractivity contribution in [2.75, 3.05) is 38.3 Å². The van der Waals surface area contributed by atoms with Crippen molar-refractivity contribution in [1.29, 1.82) is 0 Å². The molecule has 1 aromatic rings. The van der Waals surface area contributed by atoms with Crippen molar-refractivity contribution in [3.05, 3.63) is 29.3 Å². The van der Waals surface area contributed by atoms with Crippen LogP contribution in [0.4, 0.5) is 5.69 Å². The lowest BCUT2D eigenvalue weighted by atomic mass is 9.99. The summed E-state index contributed by atoms with van der Waals surface area (Å²) in [5, 5.41) is 6.83. The Kier molecular flexibility index (Phi) is 8.70. The Bertz CT molecular complexity index is 560. The molecule has 2 N–H and O–H groups in total. The molecule has 0 amide bonds. The van der Waals surface area contributed by atoms with E-state index in [9.17, 15) is 0 Å². The fourth-order valence-electron chi connectivity index (χ4n) is 2.72. The van der Waals surface area contributed by atoms with Crippen LogP contribution in [0.1, 0.15) is 31.4 Å². The summed E-state index contributed by atoms with van der Waals surface area (Å²) in [6.07, 6.45) is 4.57. The summed E-state index contributed by atoms with van der Waals surface area (Å²) in [7, 11) is 4.00. The largest absolute Gasteiger partial charge is 0.374 e. The van der Waals surface area contributed by atoms with Gasteiger partial charge in [0.25, 0.3) is 0 Å². The maximum absolute atomic E-state index is 4.32. The molecule has 1 aliphatic heterocycles. The number of benzene rings is 1. The predicted molar refractivity (Wildman–Crippen MR) is 119 cm³/mol. The highest BCUT2D eigenvalue weighted by molar-refractivity contribution is 14.0. The van der Waals surface area contributed by atoms with Gasteiger partial charge in [-0.1, -0.05) is 12.1 Å². The number of aryl methyl sites for hydroxylation is 1. The second-order valence-corrected chi connectivity index (χ2v) is 8.24. The fourth-order valence-corrected chi connectivity index (χ4v) is 2.94. The Morgan fingerprint density at radius 2 is 2.08 bits per heavy atom. The van der Waals surface area contributed by atoms with Gasteiger partial charge in [-0.15, -0.1) is 24.0 Å². The minimum Gasteiger partial charge on any atom is -0.374 e. The van der Waals surface area contributed by atoms with Gasteiger partial charge in [-0.3, -0.25) is 4.99 Å². The second kappa shape index (κ2) is 9.75. The standard InChI is InChI=1S/C18H30N4S.HI/c1-18(2,23-5)13-21-17(19-3)20-12-14-8-9-16-15(11-14)7-6-10-22(16)4;/h8-9,11H,6-7,10,12-13H2,1-5H3,(H2,19,20,21);1H. The Morgan fingerprint density at radius 3 is 2.75 bits per heavy atom. The van der Waals surface area contributed by atoms with Crippen LogP contribution < -0.4 is 15.5 Å². The van der Waals surface area contributed by atoms with Crippen molar-refractivity contribution in [2.24, 2.45) is 4.99 Å². The van der Waals surface area contributed by atoms with Gasteiger partial charge in [-0.2, -0.15) is 11.8 Å². The van der Waals surface area contributed by atoms with E-state index in [1.807, 2.05) is 18.8 Å². The third-order valence-corrected chi connectivity index (χ3v) is 5.66. The van der Waals surface area contributed by atoms with Crippen molar-refractivity contribution in [3.63, 3.8) is 0 Å². The highest BCUT2D eigenvalue weighted by Gasteiger charge is 2.16. The first kappa shape index (κ1) is 21.4. The molecule has 0 spiro atoms. The minimum absolute atomic E-state index is 0. The van der Waals surface area contributed by atoms with Gasteiger partial charge in [0.1, 0.15) is 0 Å². The van der Waals surface area contributed by atoms with Crippen LogP contribution in [-0.2, 0) is 13.0 Å². The van der Waals surface area contributed by atoms with Crippen LogP contribution in [0.3, 0.4) is 0 Å². The molecule has 1 aromatic carbocycles. The van der Waals surface area contributed by atoms with E-state index < -0.39 is 0 Å². The summed E-state index contributed by atoms with van der Waals surface area (Å²) in [4.78, 5) is 6.67. The summed E-state index contributed by atoms with van der Waals surface area (Å²) < 4.78 is 0.202. The van der Waals surface area contributed by atoms with Gasteiger partial charge >= 0.3 is 0 Å². The van der Waals surface area contributed by atoms with E-state index in [2.05, 4.69) is 65.9 Å². The van der Waals surface area contributed by atoms with Crippen LogP contribution in [0.2, 0.25) is 0 Å². The first-order valence-corrected chi connectivity index (χ1v) is 9.50. The van der Waals surface area contributed by atoms with Crippen molar-refractivity contribution < 1.29 is 0 Å². The zero-order valence-electron chi connectivity index (χ0n) is 15.5. The van der Waals surface area contributed by atoms with Crippen LogP contribution in [0.25, 0.3) is 0 Å². The molecule has 136 valence electrons. The third kappa shape index (κ3) is 6.02. The highest BCUT2D eigenvalue weighted by atomic mass is 127. The smallest absolute Gasteiger partial charge is 0.191 e. The molecule has 0 aliphatic carbocycles. The van der Waals surface area contributed by atoms with Gasteiger partial charge in [0.2, 0.25) is 0 Å². The molecule has 0 aromatic heterocycles. The van der Waals surface area contributed by atoms with Crippen molar-refractivity contribution in [1.82, 2.24) is 10.6 Å². The number of hydrogen-bond acceptors (Lipinski definition) is 3. The van der Waals surface area contributed by atoms with E-state index in [1.54, 1.807) is 0 Å². The lowest BCUT2D eigenvalue weighted by Crippen LogP contribution is -2.43. The van der Waals surface area contributed by atoms with E-state index >= 15 is 0 Å². The maximum Gasteiger partial charge on any atom is 0.191 e. The van der Waals surface area contributed by atoms with Crippen LogP contribution in [0, 0.1) is 0 Å². The van der Waals surface area contributed by atoms with Crippen LogP contribution in [0.5, 0.6) is 0 Å². The minimum atomic E-state index is 0. The molecular weight excluding hydrogens is 431 g/mol. The molecule has 1 heterocycles. The second-order valence-electron chi connectivity index (χ2n) is 6.73. The zero-order chi connectivity index (χ0) is 16.9. The lowest BCUT2D eigenvalue weighted by molar-refractivity contribution is 0.664. The maximum atomic E-state index is 4.32. The number of anilines is 1. The quantitative estimate of drug-likeness (QED) is 0.399. The SMILES string of the molecule is CN=C(NCc1ccc2c(c1)CCCN2C)NCC(C)(C)SC.I. The molecule has 0 saturated heterocycles. The van der Waals surface area contributed by atoms with Crippen LogP contribution >= 0.6 is 35.7 Å². The molecular formula is C18H31IN4S. The number of aliphatic imine (C=N–C) groups is 1. The van der Waals surface area contributed by atoms with Crippen molar-refractivity contribution in [3.8, 4) is 0 Å². The summed E-state index contributed by atoms with van der Waals surface area (Å²) in [6.45, 7) is 7.32. The van der Waals surface area contributed by atoms with E-state index in [1.165, 1.54) is 29.7 Å². The number of rotatable bonds is 5. The van der Waals surface area contributed by atoms with E-state index in [0.29, 0.717) is 0 Å². The molecule has 1 aliphatic rings. The fraction of sp³-hybridized carbons (Fsp3) is 0.611. The van der Waals surface area contributed by atoms with E-state index in [-0.39, 0.29) is 28.7 Å². The molecule has 0 saturated carbocycles. The number of nitrogens with zero attached hydrogens (tertiary/aromatic N) is 2. The Labute approximate surface area is 168 Å². The average Bonchev–Trinajstić information content (AvgIpc) is 2.55. The Hall–Kier alpha value is -0.630. The van der Waals surface area contributed by atoms with Gasteiger partial charge in [0.15, 0.2) is 5.96 Å². The van der Waals surface area contributed by atoms with Crippen molar-refractivity contribution >= 4 is 47.4 Å². The van der Waals surface area contributed by atoms with Crippen LogP contribution in [0.15, 0.2) is 23.2 Å². The topological polar surface area (TPSA) is 39.7 Å². The summed E-state index contributed by atoms with van der Waals surface area (Å²) in [5.41, 5.74) is 4.15. The molecule has 0 unspecified atom stereocenters. The molecule has 4 nitrogen and oxygen atoms in total. The molecule has 24 heavy (non-hydrogen) atoms. The monoisotopic (exact) mass is 462 g/mol. The number of halogens is 1. The lowest BCUT2D eigenvalue weighted by Gasteiger charge is -2.28. The van der Waals surface area contributed by atoms with Gasteiger partial charge in [-0.25, -0.2) is 0 Å². The Balaban J connectivity index is 0.00000288. The molecule has 0 bridgehead atoms. The van der Waals surface area contributed by atoms with Crippen molar-refractivity contribution in [2.45, 2.75) is 38.0 Å². The summed E-state index contributed by atoms with van der Waals surface area (Å²) in [6, 6.07) is 6.79. The number of hydrogen-bond donors (Lipinski definition) is 2. The zero-order valence-corrected chi connectivity index (χ0v) is 18.6. The third-order valence-electron chi connectivity index (χ3n) is 4.41. The molecule has 0 radical (unpaired) electrons. The van der Waals surface area contributed by atoms with Gasteiger partial charge in [0.05, 0.1) is 0 Å².